The molecule has 0 bridgehead atoms. The number of aromatic nitrogens is 2. The van der Waals surface area contributed by atoms with Crippen molar-refractivity contribution in [2.75, 3.05) is 18.4 Å². The monoisotopic (exact) mass is 364 g/mol. The number of nitrogens with zero attached hydrogens (tertiary/aromatic N) is 3. The van der Waals surface area contributed by atoms with Gasteiger partial charge in [-0.2, -0.15) is 13.2 Å². The summed E-state index contributed by atoms with van der Waals surface area (Å²) in [4.78, 5) is 22.5. The van der Waals surface area contributed by atoms with Crippen molar-refractivity contribution in [2.24, 2.45) is 5.92 Å². The van der Waals surface area contributed by atoms with Gasteiger partial charge in [-0.25, -0.2) is 9.97 Å². The summed E-state index contributed by atoms with van der Waals surface area (Å²) in [5.41, 5.74) is -0.336. The van der Waals surface area contributed by atoms with Crippen LogP contribution in [-0.2, 0) is 6.18 Å². The van der Waals surface area contributed by atoms with Gasteiger partial charge in [0.15, 0.2) is 0 Å². The first-order chi connectivity index (χ1) is 12.3. The van der Waals surface area contributed by atoms with Crippen molar-refractivity contribution in [1.29, 1.82) is 0 Å². The second kappa shape index (κ2) is 7.31. The van der Waals surface area contributed by atoms with Crippen LogP contribution in [0.3, 0.4) is 0 Å². The van der Waals surface area contributed by atoms with Crippen molar-refractivity contribution in [3.8, 4) is 0 Å². The van der Waals surface area contributed by atoms with E-state index in [4.69, 9.17) is 0 Å². The third-order valence-corrected chi connectivity index (χ3v) is 4.26. The average molecular weight is 364 g/mol. The van der Waals surface area contributed by atoms with Crippen molar-refractivity contribution >= 4 is 17.5 Å². The van der Waals surface area contributed by atoms with E-state index in [2.05, 4.69) is 22.2 Å². The van der Waals surface area contributed by atoms with E-state index in [1.807, 2.05) is 0 Å². The van der Waals surface area contributed by atoms with Gasteiger partial charge in [0.2, 0.25) is 5.95 Å². The molecule has 1 fully saturated rings. The first kappa shape index (κ1) is 18.2. The maximum absolute atomic E-state index is 12.8. The molecule has 1 aromatic heterocycles. The molecule has 1 aliphatic heterocycles. The molecule has 138 valence electrons. The Morgan fingerprint density at radius 3 is 2.85 bits per heavy atom. The Morgan fingerprint density at radius 1 is 1.31 bits per heavy atom. The first-order valence-corrected chi connectivity index (χ1v) is 8.39. The zero-order chi connectivity index (χ0) is 18.7. The van der Waals surface area contributed by atoms with E-state index >= 15 is 0 Å². The molecule has 26 heavy (non-hydrogen) atoms. The molecule has 1 aromatic carbocycles. The molecule has 1 aliphatic rings. The van der Waals surface area contributed by atoms with Crippen molar-refractivity contribution in [3.63, 3.8) is 0 Å². The van der Waals surface area contributed by atoms with Crippen LogP contribution in [0.1, 0.15) is 35.8 Å². The van der Waals surface area contributed by atoms with Crippen molar-refractivity contribution in [2.45, 2.75) is 25.9 Å². The van der Waals surface area contributed by atoms with E-state index in [0.29, 0.717) is 19.0 Å². The quantitative estimate of drug-likeness (QED) is 0.890. The van der Waals surface area contributed by atoms with E-state index in [9.17, 15) is 18.0 Å². The van der Waals surface area contributed by atoms with Gasteiger partial charge in [-0.3, -0.25) is 4.79 Å². The summed E-state index contributed by atoms with van der Waals surface area (Å²) in [7, 11) is 0. The highest BCUT2D eigenvalue weighted by Gasteiger charge is 2.30. The third-order valence-electron chi connectivity index (χ3n) is 4.26. The number of rotatable bonds is 3. The molecule has 1 atom stereocenters. The van der Waals surface area contributed by atoms with Gasteiger partial charge >= 0.3 is 6.18 Å². The molecule has 0 aliphatic carbocycles. The van der Waals surface area contributed by atoms with Crippen LogP contribution in [0, 0.1) is 5.92 Å². The Morgan fingerprint density at radius 2 is 2.12 bits per heavy atom. The second-order valence-corrected chi connectivity index (χ2v) is 6.47. The molecule has 1 amide bonds. The number of halogens is 3. The number of benzene rings is 1. The highest BCUT2D eigenvalue weighted by atomic mass is 19.4. The highest BCUT2D eigenvalue weighted by molar-refractivity contribution is 5.92. The second-order valence-electron chi connectivity index (χ2n) is 6.47. The summed E-state index contributed by atoms with van der Waals surface area (Å²) in [6, 6.07) is 6.27. The molecule has 0 radical (unpaired) electrons. The number of hydrogen-bond donors (Lipinski definition) is 1. The summed E-state index contributed by atoms with van der Waals surface area (Å²) < 4.78 is 38.4. The van der Waals surface area contributed by atoms with Crippen molar-refractivity contribution in [1.82, 2.24) is 14.9 Å². The lowest BCUT2D eigenvalue weighted by Gasteiger charge is -2.30. The molecule has 8 heteroatoms. The van der Waals surface area contributed by atoms with E-state index < -0.39 is 11.7 Å². The van der Waals surface area contributed by atoms with Crippen LogP contribution in [0.5, 0.6) is 0 Å². The van der Waals surface area contributed by atoms with E-state index in [1.54, 1.807) is 4.90 Å². The molecule has 1 N–H and O–H groups in total. The van der Waals surface area contributed by atoms with Crippen LogP contribution in [0.15, 0.2) is 36.5 Å². The van der Waals surface area contributed by atoms with E-state index in [0.717, 1.165) is 25.0 Å². The number of nitrogens with one attached hydrogen (secondary N) is 1. The van der Waals surface area contributed by atoms with Gasteiger partial charge < -0.3 is 10.2 Å². The minimum Gasteiger partial charge on any atom is -0.337 e. The molecule has 0 saturated carbocycles. The summed E-state index contributed by atoms with van der Waals surface area (Å²) in [6.07, 6.45) is -0.964. The number of likely N-dealkylation sites (tertiary alicyclic amines) is 1. The number of amides is 1. The third kappa shape index (κ3) is 4.30. The molecular formula is C18H19F3N4O. The zero-order valence-electron chi connectivity index (χ0n) is 14.3. The topological polar surface area (TPSA) is 58.1 Å². The minimum absolute atomic E-state index is 0.0835. The Hall–Kier alpha value is -2.64. The Balaban J connectivity index is 1.76. The lowest BCUT2D eigenvalue weighted by atomic mass is 10.00. The van der Waals surface area contributed by atoms with Crippen molar-refractivity contribution < 1.29 is 18.0 Å². The predicted molar refractivity (Wildman–Crippen MR) is 91.1 cm³/mol. The van der Waals surface area contributed by atoms with Crippen LogP contribution in [-0.4, -0.2) is 33.9 Å². The van der Waals surface area contributed by atoms with Crippen LogP contribution in [0.4, 0.5) is 24.8 Å². The maximum atomic E-state index is 12.8. The fourth-order valence-corrected chi connectivity index (χ4v) is 2.98. The van der Waals surface area contributed by atoms with Crippen LogP contribution in [0.25, 0.3) is 0 Å². The maximum Gasteiger partial charge on any atom is 0.416 e. The summed E-state index contributed by atoms with van der Waals surface area (Å²) in [6.45, 7) is 3.46. The minimum atomic E-state index is -4.43. The summed E-state index contributed by atoms with van der Waals surface area (Å²) in [5, 5.41) is 2.73. The number of anilines is 2. The van der Waals surface area contributed by atoms with E-state index in [-0.39, 0.29) is 23.2 Å². The summed E-state index contributed by atoms with van der Waals surface area (Å²) >= 11 is 0. The lowest BCUT2D eigenvalue weighted by Crippen LogP contribution is -2.39. The highest BCUT2D eigenvalue weighted by Crippen LogP contribution is 2.31. The lowest BCUT2D eigenvalue weighted by molar-refractivity contribution is -0.137. The predicted octanol–water partition coefficient (Wildman–Crippen LogP) is 4.11. The Kier molecular flexibility index (Phi) is 5.11. The number of hydrogen-bond acceptors (Lipinski definition) is 4. The number of carbonyl (C=O) groups excluding carboxylic acids is 1. The molecule has 1 unspecified atom stereocenters. The number of alkyl halides is 3. The molecule has 2 heterocycles. The molecule has 3 rings (SSSR count). The summed E-state index contributed by atoms with van der Waals surface area (Å²) in [5.74, 6) is 0.337. The Labute approximate surface area is 149 Å². The van der Waals surface area contributed by atoms with Crippen LogP contribution >= 0.6 is 0 Å². The van der Waals surface area contributed by atoms with Gasteiger partial charge in [-0.15, -0.1) is 0 Å². The number of carbonyl (C=O) groups is 1. The van der Waals surface area contributed by atoms with Crippen LogP contribution < -0.4 is 5.32 Å². The zero-order valence-corrected chi connectivity index (χ0v) is 14.3. The molecular weight excluding hydrogens is 345 g/mol. The smallest absolute Gasteiger partial charge is 0.337 e. The van der Waals surface area contributed by atoms with Crippen LogP contribution in [0.2, 0.25) is 0 Å². The fraction of sp³-hybridized carbons (Fsp3) is 0.389. The average Bonchev–Trinajstić information content (AvgIpc) is 2.61. The largest absolute Gasteiger partial charge is 0.416 e. The normalized spacial score (nSPS) is 17.8. The van der Waals surface area contributed by atoms with Gasteiger partial charge in [0.05, 0.1) is 5.56 Å². The van der Waals surface area contributed by atoms with E-state index in [1.165, 1.54) is 24.4 Å². The molecule has 2 aromatic rings. The van der Waals surface area contributed by atoms with Gasteiger partial charge in [0, 0.05) is 25.0 Å². The standard InChI is InChI=1S/C18H19F3N4O/c1-12-4-3-9-25(11-12)16(26)15-7-8-22-17(24-15)23-14-6-2-5-13(10-14)18(19,20)21/h2,5-8,10,12H,3-4,9,11H2,1H3,(H,22,23,24). The van der Waals surface area contributed by atoms with Crippen molar-refractivity contribution in [3.05, 3.63) is 47.8 Å². The van der Waals surface area contributed by atoms with Gasteiger partial charge in [-0.1, -0.05) is 13.0 Å². The van der Waals surface area contributed by atoms with Gasteiger partial charge in [-0.05, 0) is 43.0 Å². The SMILES string of the molecule is CC1CCCN(C(=O)c2ccnc(Nc3cccc(C(F)(F)F)c3)n2)C1. The van der Waals surface area contributed by atoms with Gasteiger partial charge in [0.25, 0.3) is 5.91 Å². The first-order valence-electron chi connectivity index (χ1n) is 8.39. The van der Waals surface area contributed by atoms with Gasteiger partial charge in [0.1, 0.15) is 5.69 Å². The Bertz CT molecular complexity index is 794. The molecule has 1 saturated heterocycles. The molecule has 5 nitrogen and oxygen atoms in total. The molecule has 0 spiro atoms. The fourth-order valence-electron chi connectivity index (χ4n) is 2.98. The number of piperidine rings is 1.